The summed E-state index contributed by atoms with van der Waals surface area (Å²) in [6.45, 7) is 4.00. The van der Waals surface area contributed by atoms with E-state index < -0.39 is 0 Å². The number of para-hydroxylation sites is 1. The number of nitrogens with zero attached hydrogens (tertiary/aromatic N) is 3. The molecule has 0 radical (unpaired) electrons. The van der Waals surface area contributed by atoms with Crippen molar-refractivity contribution in [1.82, 2.24) is 14.5 Å². The minimum Gasteiger partial charge on any atom is -0.323 e. The number of imidazole rings is 1. The van der Waals surface area contributed by atoms with Gasteiger partial charge in [0.1, 0.15) is 5.82 Å². The van der Waals surface area contributed by atoms with E-state index in [1.54, 1.807) is 24.4 Å². The van der Waals surface area contributed by atoms with E-state index >= 15 is 0 Å². The highest BCUT2D eigenvalue weighted by Crippen LogP contribution is 2.32. The van der Waals surface area contributed by atoms with Crippen LogP contribution in [0.4, 0.5) is 11.6 Å². The normalized spacial score (nSPS) is 10.7. The topological polar surface area (TPSA) is 42.7 Å². The van der Waals surface area contributed by atoms with Gasteiger partial charge in [0.05, 0.1) is 15.7 Å². The van der Waals surface area contributed by atoms with E-state index in [1.165, 1.54) is 0 Å². The number of pyridine rings is 1. The first-order valence-electron chi connectivity index (χ1n) is 6.74. The zero-order chi connectivity index (χ0) is 15.7. The van der Waals surface area contributed by atoms with Crippen molar-refractivity contribution in [2.45, 2.75) is 13.8 Å². The lowest BCUT2D eigenvalue weighted by Crippen LogP contribution is -2.04. The minimum absolute atomic E-state index is 0.537. The maximum absolute atomic E-state index is 6.20. The fourth-order valence-electron chi connectivity index (χ4n) is 2.25. The Morgan fingerprint density at radius 3 is 2.50 bits per heavy atom. The van der Waals surface area contributed by atoms with E-state index in [-0.39, 0.29) is 0 Å². The second kappa shape index (κ2) is 5.99. The van der Waals surface area contributed by atoms with Gasteiger partial charge in [0.25, 0.3) is 0 Å². The Morgan fingerprint density at radius 1 is 1.09 bits per heavy atom. The monoisotopic (exact) mass is 332 g/mol. The van der Waals surface area contributed by atoms with Gasteiger partial charge in [-0.3, -0.25) is 4.57 Å². The predicted molar refractivity (Wildman–Crippen MR) is 90.6 cm³/mol. The predicted octanol–water partition coefficient (Wildman–Crippen LogP) is 4.93. The van der Waals surface area contributed by atoms with Crippen molar-refractivity contribution in [3.05, 3.63) is 64.0 Å². The van der Waals surface area contributed by atoms with E-state index in [2.05, 4.69) is 15.3 Å². The summed E-state index contributed by atoms with van der Waals surface area (Å²) >= 11 is 12.4. The first-order valence-corrected chi connectivity index (χ1v) is 7.50. The standard InChI is InChI=1S/C16H14Cl2N4/c1-10-8-11(2)20-14(9-10)22-7-6-19-16(22)21-15-12(17)4-3-5-13(15)18/h3-9H,1-2H3,(H,19,21). The molecule has 0 amide bonds. The molecule has 0 aliphatic heterocycles. The fraction of sp³-hybridized carbons (Fsp3) is 0.125. The largest absolute Gasteiger partial charge is 0.323 e. The summed E-state index contributed by atoms with van der Waals surface area (Å²) in [7, 11) is 0. The molecule has 1 N–H and O–H groups in total. The van der Waals surface area contributed by atoms with Gasteiger partial charge in [0.2, 0.25) is 5.95 Å². The van der Waals surface area contributed by atoms with Crippen LogP contribution in [0, 0.1) is 13.8 Å². The van der Waals surface area contributed by atoms with Crippen molar-refractivity contribution in [1.29, 1.82) is 0 Å². The molecule has 4 nitrogen and oxygen atoms in total. The fourth-order valence-corrected chi connectivity index (χ4v) is 2.75. The Morgan fingerprint density at radius 2 is 1.82 bits per heavy atom. The van der Waals surface area contributed by atoms with Crippen molar-refractivity contribution in [3.63, 3.8) is 0 Å². The second-order valence-electron chi connectivity index (χ2n) is 4.99. The van der Waals surface area contributed by atoms with Gasteiger partial charge in [-0.2, -0.15) is 0 Å². The second-order valence-corrected chi connectivity index (χ2v) is 5.80. The lowest BCUT2D eigenvalue weighted by atomic mass is 10.2. The summed E-state index contributed by atoms with van der Waals surface area (Å²) in [5, 5.41) is 4.25. The first-order chi connectivity index (χ1) is 10.5. The van der Waals surface area contributed by atoms with Crippen LogP contribution in [0.3, 0.4) is 0 Å². The van der Waals surface area contributed by atoms with Crippen LogP contribution in [0.25, 0.3) is 5.82 Å². The Balaban J connectivity index is 2.02. The Labute approximate surface area is 138 Å². The number of rotatable bonds is 3. The highest BCUT2D eigenvalue weighted by Gasteiger charge is 2.11. The van der Waals surface area contributed by atoms with Gasteiger partial charge < -0.3 is 5.32 Å². The van der Waals surface area contributed by atoms with Crippen LogP contribution in [-0.2, 0) is 0 Å². The van der Waals surface area contributed by atoms with Gasteiger partial charge in [0, 0.05) is 18.1 Å². The summed E-state index contributed by atoms with van der Waals surface area (Å²) < 4.78 is 1.86. The number of benzene rings is 1. The van der Waals surface area contributed by atoms with Gasteiger partial charge in [0.15, 0.2) is 0 Å². The molecule has 22 heavy (non-hydrogen) atoms. The summed E-state index contributed by atoms with van der Waals surface area (Å²) in [4.78, 5) is 8.86. The van der Waals surface area contributed by atoms with Crippen LogP contribution in [0.15, 0.2) is 42.7 Å². The first kappa shape index (κ1) is 14.9. The molecule has 0 atom stereocenters. The van der Waals surface area contributed by atoms with E-state index in [4.69, 9.17) is 23.2 Å². The molecule has 0 fully saturated rings. The molecule has 0 saturated heterocycles. The third-order valence-electron chi connectivity index (χ3n) is 3.17. The quantitative estimate of drug-likeness (QED) is 0.739. The van der Waals surface area contributed by atoms with Gasteiger partial charge in [-0.25, -0.2) is 9.97 Å². The van der Waals surface area contributed by atoms with E-state index in [1.807, 2.05) is 36.7 Å². The van der Waals surface area contributed by atoms with Crippen molar-refractivity contribution < 1.29 is 0 Å². The summed E-state index contributed by atoms with van der Waals surface area (Å²) in [6.07, 6.45) is 3.54. The van der Waals surface area contributed by atoms with Crippen LogP contribution >= 0.6 is 23.2 Å². The molecule has 2 heterocycles. The smallest absolute Gasteiger partial charge is 0.213 e. The van der Waals surface area contributed by atoms with Gasteiger partial charge in [-0.05, 0) is 43.7 Å². The number of halogens is 2. The highest BCUT2D eigenvalue weighted by molar-refractivity contribution is 6.39. The number of hydrogen-bond donors (Lipinski definition) is 1. The summed E-state index contributed by atoms with van der Waals surface area (Å²) in [5.41, 5.74) is 2.71. The Kier molecular flexibility index (Phi) is 4.05. The van der Waals surface area contributed by atoms with E-state index in [0.29, 0.717) is 21.7 Å². The number of anilines is 2. The van der Waals surface area contributed by atoms with Gasteiger partial charge >= 0.3 is 0 Å². The number of nitrogens with one attached hydrogen (secondary N) is 1. The molecular formula is C16H14Cl2N4. The Bertz CT molecular complexity index is 786. The summed E-state index contributed by atoms with van der Waals surface area (Å²) in [5.74, 6) is 1.40. The molecule has 112 valence electrons. The van der Waals surface area contributed by atoms with Crippen LogP contribution in [-0.4, -0.2) is 14.5 Å². The van der Waals surface area contributed by atoms with E-state index in [0.717, 1.165) is 17.1 Å². The van der Waals surface area contributed by atoms with Crippen molar-refractivity contribution >= 4 is 34.8 Å². The third kappa shape index (κ3) is 2.93. The molecule has 0 aliphatic rings. The molecule has 0 saturated carbocycles. The molecule has 0 spiro atoms. The zero-order valence-corrected chi connectivity index (χ0v) is 13.7. The van der Waals surface area contributed by atoms with Crippen molar-refractivity contribution in [3.8, 4) is 5.82 Å². The summed E-state index contributed by atoms with van der Waals surface area (Å²) in [6, 6.07) is 9.37. The van der Waals surface area contributed by atoms with Crippen LogP contribution in [0.5, 0.6) is 0 Å². The third-order valence-corrected chi connectivity index (χ3v) is 3.80. The molecule has 0 unspecified atom stereocenters. The molecule has 3 rings (SSSR count). The number of aromatic nitrogens is 3. The molecule has 6 heteroatoms. The average Bonchev–Trinajstić information content (AvgIpc) is 2.90. The average molecular weight is 333 g/mol. The van der Waals surface area contributed by atoms with Crippen LogP contribution in [0.2, 0.25) is 10.0 Å². The highest BCUT2D eigenvalue weighted by atomic mass is 35.5. The molecular weight excluding hydrogens is 319 g/mol. The maximum atomic E-state index is 6.20. The van der Waals surface area contributed by atoms with Crippen LogP contribution < -0.4 is 5.32 Å². The number of aryl methyl sites for hydroxylation is 2. The lowest BCUT2D eigenvalue weighted by Gasteiger charge is -2.12. The number of hydrogen-bond acceptors (Lipinski definition) is 3. The van der Waals surface area contributed by atoms with Crippen LogP contribution in [0.1, 0.15) is 11.3 Å². The Hall–Kier alpha value is -2.04. The van der Waals surface area contributed by atoms with Crippen molar-refractivity contribution in [2.24, 2.45) is 0 Å². The molecule has 1 aromatic carbocycles. The molecule has 2 aromatic heterocycles. The van der Waals surface area contributed by atoms with Crippen molar-refractivity contribution in [2.75, 3.05) is 5.32 Å². The van der Waals surface area contributed by atoms with E-state index in [9.17, 15) is 0 Å². The maximum Gasteiger partial charge on any atom is 0.213 e. The zero-order valence-electron chi connectivity index (χ0n) is 12.1. The molecule has 0 bridgehead atoms. The SMILES string of the molecule is Cc1cc(C)nc(-n2ccnc2Nc2c(Cl)cccc2Cl)c1. The molecule has 3 aromatic rings. The minimum atomic E-state index is 0.537. The lowest BCUT2D eigenvalue weighted by molar-refractivity contribution is 0.977. The molecule has 0 aliphatic carbocycles. The van der Waals surface area contributed by atoms with Gasteiger partial charge in [-0.1, -0.05) is 29.3 Å². The van der Waals surface area contributed by atoms with Gasteiger partial charge in [-0.15, -0.1) is 0 Å².